The minimum absolute atomic E-state index is 0.0338. The highest BCUT2D eigenvalue weighted by Gasteiger charge is 2.37. The predicted molar refractivity (Wildman–Crippen MR) is 166 cm³/mol. The third-order valence-corrected chi connectivity index (χ3v) is 8.11. The summed E-state index contributed by atoms with van der Waals surface area (Å²) in [6.07, 6.45) is -5.66. The number of ether oxygens (including phenoxy) is 2. The molecular weight excluding hydrogens is 709 g/mol. The molecule has 2 aliphatic heterocycles. The molecule has 0 saturated carbocycles. The van der Waals surface area contributed by atoms with Crippen molar-refractivity contribution in [3.05, 3.63) is 41.6 Å². The van der Waals surface area contributed by atoms with E-state index in [1.807, 2.05) is 0 Å². The lowest BCUT2D eigenvalue weighted by Gasteiger charge is -2.35. The van der Waals surface area contributed by atoms with Gasteiger partial charge in [0, 0.05) is 51.3 Å². The number of benzene rings is 1. The third-order valence-electron chi connectivity index (χ3n) is 8.11. The van der Waals surface area contributed by atoms with Gasteiger partial charge in [0.1, 0.15) is 18.6 Å². The summed E-state index contributed by atoms with van der Waals surface area (Å²) in [5.41, 5.74) is -0.609. The van der Waals surface area contributed by atoms with E-state index in [-0.39, 0.29) is 63.7 Å². The van der Waals surface area contributed by atoms with Crippen molar-refractivity contribution in [1.29, 1.82) is 0 Å². The normalized spacial score (nSPS) is 16.7. The van der Waals surface area contributed by atoms with Gasteiger partial charge in [-0.2, -0.15) is 18.3 Å². The Balaban J connectivity index is 1.52. The number of aliphatic carboxylic acids is 1. The molecule has 16 nitrogen and oxygen atoms in total. The van der Waals surface area contributed by atoms with Crippen LogP contribution in [-0.4, -0.2) is 136 Å². The maximum Gasteiger partial charge on any atom is 0.409 e. The number of alkyl halides is 3. The van der Waals surface area contributed by atoms with Crippen LogP contribution in [0.15, 0.2) is 24.3 Å². The number of rotatable bonds is 13. The Labute approximate surface area is 292 Å². The smallest absolute Gasteiger partial charge is 0.409 e. The Kier molecular flexibility index (Phi) is 13.0. The molecule has 2 aliphatic rings. The molecule has 3 N–H and O–H groups in total. The standard InChI is InChI=1S/C31H36F5N7O9/c1-2-51-30(50)41-12-10-40(11-13-41)29(49)21(7-8-26(45)46)38-27(47)22-15-25(43(39-22)18-5-6-19(32)20(33)14-18)52-16-24(44)42-9-3-4-23(42)28(48)37-17-31(34,35)36/h5-6,14-15,21,23H,2-4,7-13,16-17H2,1H3,(H,37,48)(H,38,47)(H,45,46). The third kappa shape index (κ3) is 10.3. The van der Waals surface area contributed by atoms with Gasteiger partial charge in [-0.05, 0) is 38.3 Å². The molecule has 3 heterocycles. The van der Waals surface area contributed by atoms with Crippen LogP contribution >= 0.6 is 0 Å². The van der Waals surface area contributed by atoms with Gasteiger partial charge in [0.05, 0.1) is 12.3 Å². The Morgan fingerprint density at radius 3 is 2.33 bits per heavy atom. The minimum atomic E-state index is -4.67. The first kappa shape index (κ1) is 39.3. The van der Waals surface area contributed by atoms with Gasteiger partial charge in [-0.25, -0.2) is 18.3 Å². The van der Waals surface area contributed by atoms with Crippen LogP contribution < -0.4 is 15.4 Å². The van der Waals surface area contributed by atoms with Gasteiger partial charge >= 0.3 is 18.2 Å². The molecule has 2 unspecified atom stereocenters. The molecule has 2 saturated heterocycles. The van der Waals surface area contributed by atoms with Gasteiger partial charge in [0.25, 0.3) is 11.8 Å². The van der Waals surface area contributed by atoms with E-state index < -0.39 is 90.9 Å². The Morgan fingerprint density at radius 1 is 1.00 bits per heavy atom. The number of halogens is 5. The number of hydrogen-bond donors (Lipinski definition) is 3. The van der Waals surface area contributed by atoms with E-state index in [1.165, 1.54) is 9.80 Å². The van der Waals surface area contributed by atoms with Crippen molar-refractivity contribution in [3.8, 4) is 11.6 Å². The predicted octanol–water partition coefficient (Wildman–Crippen LogP) is 1.46. The summed E-state index contributed by atoms with van der Waals surface area (Å²) < 4.78 is 77.2. The van der Waals surface area contributed by atoms with E-state index in [1.54, 1.807) is 12.2 Å². The van der Waals surface area contributed by atoms with E-state index in [2.05, 4.69) is 10.4 Å². The highest BCUT2D eigenvalue weighted by atomic mass is 19.4. The molecule has 0 spiro atoms. The van der Waals surface area contributed by atoms with Gasteiger partial charge in [-0.1, -0.05) is 0 Å². The summed E-state index contributed by atoms with van der Waals surface area (Å²) in [5, 5.41) is 17.5. The zero-order valence-electron chi connectivity index (χ0n) is 27.8. The highest BCUT2D eigenvalue weighted by molar-refractivity contribution is 5.96. The molecule has 21 heteroatoms. The summed E-state index contributed by atoms with van der Waals surface area (Å²) >= 11 is 0. The lowest BCUT2D eigenvalue weighted by molar-refractivity contribution is -0.145. The van der Waals surface area contributed by atoms with Crippen molar-refractivity contribution in [3.63, 3.8) is 0 Å². The number of aromatic nitrogens is 2. The molecule has 5 amide bonds. The second-order valence-electron chi connectivity index (χ2n) is 11.7. The van der Waals surface area contributed by atoms with Crippen LogP contribution in [0.1, 0.15) is 43.1 Å². The second-order valence-corrected chi connectivity index (χ2v) is 11.7. The molecule has 0 bridgehead atoms. The van der Waals surface area contributed by atoms with Gasteiger partial charge in [-0.15, -0.1) is 0 Å². The molecule has 284 valence electrons. The zero-order valence-corrected chi connectivity index (χ0v) is 27.8. The van der Waals surface area contributed by atoms with Crippen LogP contribution in [0.3, 0.4) is 0 Å². The molecule has 1 aromatic carbocycles. The number of hydrogen-bond acceptors (Lipinski definition) is 9. The van der Waals surface area contributed by atoms with Gasteiger partial charge in [0.15, 0.2) is 23.9 Å². The number of carbonyl (C=O) groups excluding carboxylic acids is 5. The minimum Gasteiger partial charge on any atom is -0.481 e. The van der Waals surface area contributed by atoms with Gasteiger partial charge in [-0.3, -0.25) is 24.0 Å². The van der Waals surface area contributed by atoms with Crippen LogP contribution in [0, 0.1) is 11.6 Å². The molecule has 2 aromatic rings. The maximum atomic E-state index is 14.2. The fourth-order valence-electron chi connectivity index (χ4n) is 5.54. The number of nitrogens with one attached hydrogen (secondary N) is 2. The van der Waals surface area contributed by atoms with E-state index in [0.29, 0.717) is 6.42 Å². The van der Waals surface area contributed by atoms with Crippen molar-refractivity contribution < 1.29 is 65.3 Å². The van der Waals surface area contributed by atoms with Crippen molar-refractivity contribution in [2.75, 3.05) is 52.5 Å². The number of likely N-dealkylation sites (tertiary alicyclic amines) is 1. The van der Waals surface area contributed by atoms with Crippen LogP contribution in [0.25, 0.3) is 5.69 Å². The SMILES string of the molecule is CCOC(=O)N1CCN(C(=O)C(CCC(=O)O)NC(=O)c2cc(OCC(=O)N3CCCC3C(=O)NCC(F)(F)F)n(-c3ccc(F)c(F)c3)n2)CC1. The van der Waals surface area contributed by atoms with E-state index in [9.17, 15) is 55.8 Å². The van der Waals surface area contributed by atoms with Crippen molar-refractivity contribution >= 4 is 35.7 Å². The summed E-state index contributed by atoms with van der Waals surface area (Å²) in [5.74, 6) is -7.58. The Hall–Kier alpha value is -5.50. The van der Waals surface area contributed by atoms with E-state index in [0.717, 1.165) is 33.8 Å². The van der Waals surface area contributed by atoms with Crippen LogP contribution in [0.4, 0.5) is 26.7 Å². The molecule has 52 heavy (non-hydrogen) atoms. The monoisotopic (exact) mass is 745 g/mol. The largest absolute Gasteiger partial charge is 0.481 e. The zero-order chi connectivity index (χ0) is 38.2. The van der Waals surface area contributed by atoms with Crippen molar-refractivity contribution in [1.82, 2.24) is 35.1 Å². The molecule has 1 aromatic heterocycles. The van der Waals surface area contributed by atoms with Gasteiger partial charge in [0.2, 0.25) is 17.7 Å². The molecular formula is C31H36F5N7O9. The van der Waals surface area contributed by atoms with E-state index in [4.69, 9.17) is 9.47 Å². The number of amides is 5. The van der Waals surface area contributed by atoms with Crippen LogP contribution in [0.2, 0.25) is 0 Å². The number of carboxylic acid groups (broad SMARTS) is 1. The van der Waals surface area contributed by atoms with Crippen molar-refractivity contribution in [2.24, 2.45) is 0 Å². The van der Waals surface area contributed by atoms with Gasteiger partial charge < -0.3 is 39.9 Å². The Bertz CT molecular complexity index is 1660. The van der Waals surface area contributed by atoms with Crippen LogP contribution in [-0.2, 0) is 23.9 Å². The number of carboxylic acids is 1. The second kappa shape index (κ2) is 17.1. The summed E-state index contributed by atoms with van der Waals surface area (Å²) in [7, 11) is 0. The lowest BCUT2D eigenvalue weighted by Crippen LogP contribution is -2.56. The number of nitrogens with zero attached hydrogens (tertiary/aromatic N) is 5. The van der Waals surface area contributed by atoms with E-state index >= 15 is 0 Å². The first-order valence-corrected chi connectivity index (χ1v) is 16.1. The molecule has 2 atom stereocenters. The van der Waals surface area contributed by atoms with Crippen molar-refractivity contribution in [2.45, 2.75) is 50.9 Å². The summed E-state index contributed by atoms with van der Waals surface area (Å²) in [6.45, 7) is -0.190. The quantitative estimate of drug-likeness (QED) is 0.253. The summed E-state index contributed by atoms with van der Waals surface area (Å²) in [6, 6.07) is 1.00. The highest BCUT2D eigenvalue weighted by Crippen LogP contribution is 2.24. The van der Waals surface area contributed by atoms with Crippen LogP contribution in [0.5, 0.6) is 5.88 Å². The number of piperazine rings is 1. The maximum absolute atomic E-state index is 14.2. The fourth-order valence-corrected chi connectivity index (χ4v) is 5.54. The molecule has 0 radical (unpaired) electrons. The lowest BCUT2D eigenvalue weighted by atomic mass is 10.1. The molecule has 0 aliphatic carbocycles. The summed E-state index contributed by atoms with van der Waals surface area (Å²) in [4.78, 5) is 79.5. The topological polar surface area (TPSA) is 193 Å². The first-order valence-electron chi connectivity index (χ1n) is 16.1. The first-order chi connectivity index (χ1) is 24.6. The number of carbonyl (C=O) groups is 6. The average Bonchev–Trinajstić information content (AvgIpc) is 3.77. The fraction of sp³-hybridized carbons (Fsp3) is 0.516. The Morgan fingerprint density at radius 2 is 1.69 bits per heavy atom. The molecule has 2 fully saturated rings. The molecule has 4 rings (SSSR count). The average molecular weight is 746 g/mol.